The lowest BCUT2D eigenvalue weighted by Gasteiger charge is -2.36. The molecule has 0 radical (unpaired) electrons. The van der Waals surface area contributed by atoms with Crippen LogP contribution in [0.5, 0.6) is 0 Å². The molecule has 1 rings (SSSR count). The van der Waals surface area contributed by atoms with Gasteiger partial charge in [0.25, 0.3) is 0 Å². The third kappa shape index (κ3) is 5.44. The summed E-state index contributed by atoms with van der Waals surface area (Å²) in [7, 11) is 0. The van der Waals surface area contributed by atoms with Gasteiger partial charge in [0.2, 0.25) is 0 Å². The molecule has 0 bridgehead atoms. The lowest BCUT2D eigenvalue weighted by Crippen LogP contribution is -2.58. The third-order valence-electron chi connectivity index (χ3n) is 3.19. The van der Waals surface area contributed by atoms with E-state index >= 15 is 0 Å². The molecule has 1 atom stereocenters. The summed E-state index contributed by atoms with van der Waals surface area (Å²) < 4.78 is 23.2. The van der Waals surface area contributed by atoms with E-state index in [-0.39, 0.29) is 5.56 Å². The van der Waals surface area contributed by atoms with Gasteiger partial charge in [0.05, 0.1) is 12.2 Å². The van der Waals surface area contributed by atoms with E-state index in [1.54, 1.807) is 27.7 Å². The summed E-state index contributed by atoms with van der Waals surface area (Å²) in [5.41, 5.74) is 0.888. The number of amides is 2. The van der Waals surface area contributed by atoms with E-state index < -0.39 is 35.8 Å². The van der Waals surface area contributed by atoms with Crippen LogP contribution >= 0.6 is 0 Å². The van der Waals surface area contributed by atoms with Gasteiger partial charge in [-0.3, -0.25) is 0 Å². The van der Waals surface area contributed by atoms with Gasteiger partial charge >= 0.3 is 12.2 Å². The largest absolute Gasteiger partial charge is 0.446 e. The number of aldehydes is 1. The van der Waals surface area contributed by atoms with Gasteiger partial charge in [-0.1, -0.05) is 12.1 Å². The minimum Gasteiger partial charge on any atom is -0.446 e. The molecule has 0 heterocycles. The van der Waals surface area contributed by atoms with Crippen molar-refractivity contribution in [3.05, 3.63) is 35.6 Å². The topological polar surface area (TPSA) is 84.9 Å². The fourth-order valence-electron chi connectivity index (χ4n) is 1.97. The van der Waals surface area contributed by atoms with Crippen molar-refractivity contribution >= 4 is 18.5 Å². The number of hydrogen-bond donors (Lipinski definition) is 1. The van der Waals surface area contributed by atoms with Crippen molar-refractivity contribution in [2.45, 2.75) is 52.4 Å². The first-order valence-electron chi connectivity index (χ1n) is 7.80. The third-order valence-corrected chi connectivity index (χ3v) is 3.19. The first-order valence-corrected chi connectivity index (χ1v) is 7.80. The molecule has 1 aromatic rings. The minimum atomic E-state index is -1.63. The second kappa shape index (κ2) is 8.46. The molecule has 0 fully saturated rings. The van der Waals surface area contributed by atoms with Crippen LogP contribution in [0, 0.1) is 5.82 Å². The summed E-state index contributed by atoms with van der Waals surface area (Å²) in [6.07, 6.45) is -2.34. The Kier molecular flexibility index (Phi) is 6.90. The van der Waals surface area contributed by atoms with Gasteiger partial charge in [0, 0.05) is 0 Å². The first-order chi connectivity index (χ1) is 11.6. The minimum absolute atomic E-state index is 0.287. The fourth-order valence-corrected chi connectivity index (χ4v) is 1.97. The average Bonchev–Trinajstić information content (AvgIpc) is 2.51. The molecule has 138 valence electrons. The number of rotatable bonds is 5. The number of carbonyl (C=O) groups is 3. The monoisotopic (exact) mass is 354 g/mol. The van der Waals surface area contributed by atoms with E-state index in [1.165, 1.54) is 19.1 Å². The van der Waals surface area contributed by atoms with Crippen LogP contribution in [-0.2, 0) is 19.8 Å². The highest BCUT2D eigenvalue weighted by Crippen LogP contribution is 2.26. The van der Waals surface area contributed by atoms with Crippen molar-refractivity contribution < 1.29 is 28.2 Å². The van der Waals surface area contributed by atoms with Gasteiger partial charge in [-0.2, -0.15) is 5.01 Å². The maximum Gasteiger partial charge on any atom is 0.430 e. The molecule has 0 saturated heterocycles. The Morgan fingerprint density at radius 2 is 1.64 bits per heavy atom. The fraction of sp³-hybridized carbons (Fsp3) is 0.471. The molecular weight excluding hydrogens is 331 g/mol. The molecule has 0 aliphatic carbocycles. The Bertz CT molecular complexity index is 618. The second-order valence-electron chi connectivity index (χ2n) is 6.11. The smallest absolute Gasteiger partial charge is 0.430 e. The Morgan fingerprint density at radius 1 is 1.12 bits per heavy atom. The quantitative estimate of drug-likeness (QED) is 0.649. The van der Waals surface area contributed by atoms with E-state index in [1.807, 2.05) is 0 Å². The Balaban J connectivity index is 3.25. The van der Waals surface area contributed by atoms with Crippen molar-refractivity contribution in [2.75, 3.05) is 0 Å². The van der Waals surface area contributed by atoms with Gasteiger partial charge in [-0.05, 0) is 52.3 Å². The summed E-state index contributed by atoms with van der Waals surface area (Å²) in [4.78, 5) is 36.2. The average molecular weight is 354 g/mol. The molecule has 25 heavy (non-hydrogen) atoms. The Morgan fingerprint density at radius 3 is 2.08 bits per heavy atom. The van der Waals surface area contributed by atoms with Gasteiger partial charge in [0.1, 0.15) is 11.4 Å². The van der Waals surface area contributed by atoms with Crippen LogP contribution in [0.3, 0.4) is 0 Å². The summed E-state index contributed by atoms with van der Waals surface area (Å²) in [5.74, 6) is -0.500. The van der Waals surface area contributed by atoms with Crippen LogP contribution < -0.4 is 5.43 Å². The van der Waals surface area contributed by atoms with Crippen LogP contribution in [-0.4, -0.2) is 35.7 Å². The molecular formula is C17H23FN2O5. The Labute approximate surface area is 146 Å². The number of hydrazine groups is 1. The molecule has 1 N–H and O–H groups in total. The van der Waals surface area contributed by atoms with Crippen molar-refractivity contribution in [2.24, 2.45) is 0 Å². The molecule has 0 aliphatic rings. The summed E-state index contributed by atoms with van der Waals surface area (Å²) in [5, 5.41) is 0.734. The van der Waals surface area contributed by atoms with E-state index in [0.29, 0.717) is 6.29 Å². The highest BCUT2D eigenvalue weighted by atomic mass is 19.1. The van der Waals surface area contributed by atoms with Gasteiger partial charge < -0.3 is 14.3 Å². The van der Waals surface area contributed by atoms with E-state index in [9.17, 15) is 18.8 Å². The Hall–Kier alpha value is -2.64. The van der Waals surface area contributed by atoms with Gasteiger partial charge in [-0.25, -0.2) is 19.4 Å². The van der Waals surface area contributed by atoms with Gasteiger partial charge in [-0.15, -0.1) is 0 Å². The molecule has 8 heteroatoms. The normalized spacial score (nSPS) is 13.1. The lowest BCUT2D eigenvalue weighted by atomic mass is 9.93. The van der Waals surface area contributed by atoms with Crippen LogP contribution in [0.25, 0.3) is 0 Å². The predicted octanol–water partition coefficient (Wildman–Crippen LogP) is 3.14. The van der Waals surface area contributed by atoms with Crippen molar-refractivity contribution in [1.82, 2.24) is 10.4 Å². The zero-order valence-corrected chi connectivity index (χ0v) is 14.9. The SMILES string of the molecule is CC(C)OC(=O)NN(C(=O)OC(C)C)C(C)(C=O)c1ccc(F)cc1. The van der Waals surface area contributed by atoms with Crippen LogP contribution in [0.15, 0.2) is 24.3 Å². The molecule has 2 amide bonds. The van der Waals surface area contributed by atoms with Crippen LogP contribution in [0.2, 0.25) is 0 Å². The lowest BCUT2D eigenvalue weighted by molar-refractivity contribution is -0.119. The number of ether oxygens (including phenoxy) is 2. The zero-order valence-electron chi connectivity index (χ0n) is 14.9. The van der Waals surface area contributed by atoms with E-state index in [0.717, 1.165) is 17.1 Å². The molecule has 0 saturated carbocycles. The standard InChI is InChI=1S/C17H23FN2O5/c1-11(2)24-15(22)19-20(16(23)25-12(3)4)17(5,10-21)13-6-8-14(18)9-7-13/h6-12H,1-5H3,(H,19,22). The zero-order chi connectivity index (χ0) is 19.2. The maximum atomic E-state index is 13.2. The number of halogens is 1. The van der Waals surface area contributed by atoms with Gasteiger partial charge in [0.15, 0.2) is 6.29 Å². The van der Waals surface area contributed by atoms with Crippen LogP contribution in [0.4, 0.5) is 14.0 Å². The summed E-state index contributed by atoms with van der Waals surface area (Å²) in [6.45, 7) is 7.91. The highest BCUT2D eigenvalue weighted by Gasteiger charge is 2.40. The maximum absolute atomic E-state index is 13.2. The number of benzene rings is 1. The number of hydrogen-bond acceptors (Lipinski definition) is 5. The summed E-state index contributed by atoms with van der Waals surface area (Å²) >= 11 is 0. The number of nitrogens with one attached hydrogen (secondary N) is 1. The molecule has 1 unspecified atom stereocenters. The summed E-state index contributed by atoms with van der Waals surface area (Å²) in [6, 6.07) is 4.98. The van der Waals surface area contributed by atoms with Crippen molar-refractivity contribution in [3.63, 3.8) is 0 Å². The number of nitrogens with zero attached hydrogens (tertiary/aromatic N) is 1. The van der Waals surface area contributed by atoms with Crippen LogP contribution in [0.1, 0.15) is 40.2 Å². The first kappa shape index (κ1) is 20.4. The molecule has 7 nitrogen and oxygen atoms in total. The highest BCUT2D eigenvalue weighted by molar-refractivity contribution is 5.80. The molecule has 0 spiro atoms. The van der Waals surface area contributed by atoms with Crippen molar-refractivity contribution in [1.29, 1.82) is 0 Å². The molecule has 0 aliphatic heterocycles. The second-order valence-corrected chi connectivity index (χ2v) is 6.11. The molecule has 1 aromatic carbocycles. The van der Waals surface area contributed by atoms with E-state index in [4.69, 9.17) is 9.47 Å². The molecule has 0 aromatic heterocycles. The van der Waals surface area contributed by atoms with E-state index in [2.05, 4.69) is 5.43 Å². The number of carbonyl (C=O) groups excluding carboxylic acids is 3. The predicted molar refractivity (Wildman–Crippen MR) is 88.0 cm³/mol. The van der Waals surface area contributed by atoms with Crippen molar-refractivity contribution in [3.8, 4) is 0 Å².